The van der Waals surface area contributed by atoms with Crippen molar-refractivity contribution in [2.24, 2.45) is 17.3 Å². The maximum absolute atomic E-state index is 3.78. The average Bonchev–Trinajstić information content (AvgIpc) is 3.21. The standard InChI is InChI=1S/C20H31N/c1-15-5-4-6-16(11-15)12-18-13-20(2,3)10-9-17(18)14-21-19-7-8-19/h4-6,11,17-19,21H,7-10,12-14H2,1-3H3. The van der Waals surface area contributed by atoms with E-state index in [0.717, 1.165) is 17.9 Å². The van der Waals surface area contributed by atoms with Crippen molar-refractivity contribution in [3.05, 3.63) is 35.4 Å². The minimum absolute atomic E-state index is 0.532. The van der Waals surface area contributed by atoms with Gasteiger partial charge >= 0.3 is 0 Å². The highest BCUT2D eigenvalue weighted by molar-refractivity contribution is 5.22. The Balaban J connectivity index is 1.66. The molecule has 0 aliphatic heterocycles. The van der Waals surface area contributed by atoms with E-state index >= 15 is 0 Å². The number of hydrogen-bond donors (Lipinski definition) is 1. The van der Waals surface area contributed by atoms with E-state index in [9.17, 15) is 0 Å². The molecule has 2 saturated carbocycles. The highest BCUT2D eigenvalue weighted by Gasteiger charge is 2.35. The van der Waals surface area contributed by atoms with Crippen molar-refractivity contribution in [1.29, 1.82) is 0 Å². The molecule has 21 heavy (non-hydrogen) atoms. The van der Waals surface area contributed by atoms with Gasteiger partial charge in [0.05, 0.1) is 0 Å². The van der Waals surface area contributed by atoms with Crippen LogP contribution in [0.2, 0.25) is 0 Å². The van der Waals surface area contributed by atoms with Gasteiger partial charge in [0.2, 0.25) is 0 Å². The van der Waals surface area contributed by atoms with Gasteiger partial charge in [0.1, 0.15) is 0 Å². The smallest absolute Gasteiger partial charge is 0.00683 e. The lowest BCUT2D eigenvalue weighted by Gasteiger charge is -2.41. The molecule has 1 nitrogen and oxygen atoms in total. The molecule has 2 aliphatic rings. The minimum atomic E-state index is 0.532. The van der Waals surface area contributed by atoms with Crippen LogP contribution in [0.5, 0.6) is 0 Å². The van der Waals surface area contributed by atoms with Crippen LogP contribution in [-0.2, 0) is 6.42 Å². The number of aryl methyl sites for hydroxylation is 1. The van der Waals surface area contributed by atoms with Crippen molar-refractivity contribution in [2.75, 3.05) is 6.54 Å². The first-order valence-corrected chi connectivity index (χ1v) is 8.81. The molecule has 1 N–H and O–H groups in total. The zero-order valence-corrected chi connectivity index (χ0v) is 14.0. The minimum Gasteiger partial charge on any atom is -0.314 e. The fourth-order valence-corrected chi connectivity index (χ4v) is 4.05. The molecular formula is C20H31N. The van der Waals surface area contributed by atoms with E-state index in [1.54, 1.807) is 0 Å². The van der Waals surface area contributed by atoms with Crippen molar-refractivity contribution in [3.63, 3.8) is 0 Å². The second-order valence-electron chi connectivity index (χ2n) is 8.30. The summed E-state index contributed by atoms with van der Waals surface area (Å²) >= 11 is 0. The summed E-state index contributed by atoms with van der Waals surface area (Å²) in [7, 11) is 0. The van der Waals surface area contributed by atoms with E-state index < -0.39 is 0 Å². The van der Waals surface area contributed by atoms with Crippen molar-refractivity contribution < 1.29 is 0 Å². The van der Waals surface area contributed by atoms with E-state index in [2.05, 4.69) is 50.4 Å². The van der Waals surface area contributed by atoms with Crippen molar-refractivity contribution in [2.45, 2.75) is 65.3 Å². The van der Waals surface area contributed by atoms with Gasteiger partial charge < -0.3 is 5.32 Å². The molecule has 2 unspecified atom stereocenters. The number of hydrogen-bond acceptors (Lipinski definition) is 1. The van der Waals surface area contributed by atoms with Gasteiger partial charge in [0, 0.05) is 6.04 Å². The van der Waals surface area contributed by atoms with Gasteiger partial charge in [0.15, 0.2) is 0 Å². The maximum atomic E-state index is 3.78. The van der Waals surface area contributed by atoms with Crippen LogP contribution in [0.1, 0.15) is 57.1 Å². The zero-order chi connectivity index (χ0) is 14.9. The lowest BCUT2D eigenvalue weighted by atomic mass is 9.65. The molecule has 0 heterocycles. The first-order valence-electron chi connectivity index (χ1n) is 8.81. The predicted octanol–water partition coefficient (Wildman–Crippen LogP) is 4.73. The lowest BCUT2D eigenvalue weighted by Crippen LogP contribution is -2.37. The lowest BCUT2D eigenvalue weighted by molar-refractivity contribution is 0.115. The Hall–Kier alpha value is -0.820. The summed E-state index contributed by atoms with van der Waals surface area (Å²) in [5, 5.41) is 3.78. The van der Waals surface area contributed by atoms with E-state index in [1.165, 1.54) is 56.2 Å². The molecule has 1 aromatic carbocycles. The molecule has 0 spiro atoms. The predicted molar refractivity (Wildman–Crippen MR) is 90.5 cm³/mol. The second-order valence-corrected chi connectivity index (χ2v) is 8.30. The topological polar surface area (TPSA) is 12.0 Å². The number of rotatable bonds is 5. The summed E-state index contributed by atoms with van der Waals surface area (Å²) in [5.74, 6) is 1.72. The zero-order valence-electron chi connectivity index (χ0n) is 14.0. The molecule has 116 valence electrons. The van der Waals surface area contributed by atoms with Crippen LogP contribution in [-0.4, -0.2) is 12.6 Å². The molecule has 2 fully saturated rings. The Morgan fingerprint density at radius 1 is 1.14 bits per heavy atom. The molecule has 2 atom stereocenters. The summed E-state index contributed by atoms with van der Waals surface area (Å²) in [6.07, 6.45) is 8.26. The van der Waals surface area contributed by atoms with E-state index in [-0.39, 0.29) is 0 Å². The van der Waals surface area contributed by atoms with Gasteiger partial charge in [-0.15, -0.1) is 0 Å². The van der Waals surface area contributed by atoms with Gasteiger partial charge in [-0.1, -0.05) is 43.7 Å². The summed E-state index contributed by atoms with van der Waals surface area (Å²) in [5.41, 5.74) is 3.47. The molecule has 3 rings (SSSR count). The van der Waals surface area contributed by atoms with Crippen LogP contribution in [0.25, 0.3) is 0 Å². The highest BCUT2D eigenvalue weighted by atomic mass is 14.9. The Morgan fingerprint density at radius 3 is 2.67 bits per heavy atom. The normalized spacial score (nSPS) is 28.5. The average molecular weight is 285 g/mol. The van der Waals surface area contributed by atoms with Crippen LogP contribution in [0.15, 0.2) is 24.3 Å². The Bertz CT molecular complexity index is 470. The van der Waals surface area contributed by atoms with E-state index in [1.807, 2.05) is 0 Å². The van der Waals surface area contributed by atoms with Crippen molar-refractivity contribution >= 4 is 0 Å². The van der Waals surface area contributed by atoms with Gasteiger partial charge in [-0.05, 0) is 74.8 Å². The SMILES string of the molecule is Cc1cccc(CC2CC(C)(C)CCC2CNC2CC2)c1. The molecule has 1 aromatic rings. The van der Waals surface area contributed by atoms with Crippen LogP contribution < -0.4 is 5.32 Å². The van der Waals surface area contributed by atoms with Crippen molar-refractivity contribution in [1.82, 2.24) is 5.32 Å². The van der Waals surface area contributed by atoms with Gasteiger partial charge in [-0.25, -0.2) is 0 Å². The van der Waals surface area contributed by atoms with Gasteiger partial charge in [-0.2, -0.15) is 0 Å². The Morgan fingerprint density at radius 2 is 1.95 bits per heavy atom. The Labute approximate surface area is 130 Å². The van der Waals surface area contributed by atoms with Crippen molar-refractivity contribution in [3.8, 4) is 0 Å². The first kappa shape index (κ1) is 15.1. The largest absolute Gasteiger partial charge is 0.314 e. The fourth-order valence-electron chi connectivity index (χ4n) is 4.05. The molecule has 0 amide bonds. The van der Waals surface area contributed by atoms with Crippen LogP contribution in [0.3, 0.4) is 0 Å². The van der Waals surface area contributed by atoms with E-state index in [4.69, 9.17) is 0 Å². The summed E-state index contributed by atoms with van der Waals surface area (Å²) in [6, 6.07) is 9.98. The number of nitrogens with one attached hydrogen (secondary N) is 1. The van der Waals surface area contributed by atoms with Gasteiger partial charge in [-0.3, -0.25) is 0 Å². The fraction of sp³-hybridized carbons (Fsp3) is 0.700. The first-order chi connectivity index (χ1) is 10.0. The molecule has 0 radical (unpaired) electrons. The Kier molecular flexibility index (Phi) is 4.40. The highest BCUT2D eigenvalue weighted by Crippen LogP contribution is 2.43. The molecular weight excluding hydrogens is 254 g/mol. The maximum Gasteiger partial charge on any atom is 0.00683 e. The molecule has 2 aliphatic carbocycles. The summed E-state index contributed by atoms with van der Waals surface area (Å²) in [4.78, 5) is 0. The third-order valence-corrected chi connectivity index (χ3v) is 5.50. The third kappa shape index (κ3) is 4.32. The van der Waals surface area contributed by atoms with E-state index in [0.29, 0.717) is 5.41 Å². The third-order valence-electron chi connectivity index (χ3n) is 5.50. The summed E-state index contributed by atoms with van der Waals surface area (Å²) < 4.78 is 0. The van der Waals surface area contributed by atoms with Crippen LogP contribution in [0, 0.1) is 24.2 Å². The van der Waals surface area contributed by atoms with Gasteiger partial charge in [0.25, 0.3) is 0 Å². The molecule has 0 aromatic heterocycles. The van der Waals surface area contributed by atoms with Crippen LogP contribution in [0.4, 0.5) is 0 Å². The quantitative estimate of drug-likeness (QED) is 0.824. The second kappa shape index (κ2) is 6.12. The van der Waals surface area contributed by atoms with Crippen LogP contribution >= 0.6 is 0 Å². The molecule has 1 heteroatoms. The molecule has 0 bridgehead atoms. The summed E-state index contributed by atoms with van der Waals surface area (Å²) in [6.45, 7) is 8.37. The number of benzene rings is 1. The molecule has 0 saturated heterocycles. The monoisotopic (exact) mass is 285 g/mol.